The Labute approximate surface area is 103 Å². The molecule has 0 bridgehead atoms. The molecule has 0 aliphatic rings. The summed E-state index contributed by atoms with van der Waals surface area (Å²) in [6.45, 7) is 2.12. The quantitative estimate of drug-likeness (QED) is 0.839. The molecule has 1 N–H and O–H groups in total. The first-order valence-corrected chi connectivity index (χ1v) is 6.07. The molecular weight excluding hydrogens is 206 g/mol. The van der Waals surface area contributed by atoms with Crippen LogP contribution in [-0.2, 0) is 6.42 Å². The summed E-state index contributed by atoms with van der Waals surface area (Å²) in [5, 5.41) is 3.39. The summed E-state index contributed by atoms with van der Waals surface area (Å²) in [6.07, 6.45) is 1.03. The van der Waals surface area contributed by atoms with Crippen molar-refractivity contribution in [2.24, 2.45) is 0 Å². The highest BCUT2D eigenvalue weighted by molar-refractivity contribution is 5.26. The Balaban J connectivity index is 2.14. The molecule has 2 rings (SSSR count). The lowest BCUT2D eigenvalue weighted by molar-refractivity contribution is 0.592. The molecule has 0 heterocycles. The third-order valence-corrected chi connectivity index (χ3v) is 3.11. The van der Waals surface area contributed by atoms with E-state index in [1.54, 1.807) is 0 Å². The van der Waals surface area contributed by atoms with E-state index in [2.05, 4.69) is 66.8 Å². The van der Waals surface area contributed by atoms with Crippen LogP contribution in [0, 0.1) is 6.92 Å². The summed E-state index contributed by atoms with van der Waals surface area (Å²) in [5.74, 6) is 0. The molecule has 88 valence electrons. The smallest absolute Gasteiger partial charge is 0.0358 e. The Morgan fingerprint density at radius 3 is 2.18 bits per heavy atom. The number of rotatable bonds is 4. The molecule has 1 atom stereocenters. The van der Waals surface area contributed by atoms with E-state index in [9.17, 15) is 0 Å². The predicted octanol–water partition coefficient (Wildman–Crippen LogP) is 3.50. The Morgan fingerprint density at radius 2 is 1.59 bits per heavy atom. The molecule has 0 fully saturated rings. The maximum Gasteiger partial charge on any atom is 0.0358 e. The van der Waals surface area contributed by atoms with Crippen LogP contribution in [0.5, 0.6) is 0 Å². The number of hydrogen-bond acceptors (Lipinski definition) is 1. The molecule has 0 amide bonds. The van der Waals surface area contributed by atoms with Gasteiger partial charge in [0.05, 0.1) is 0 Å². The van der Waals surface area contributed by atoms with Crippen molar-refractivity contribution in [3.05, 3.63) is 71.3 Å². The van der Waals surface area contributed by atoms with Gasteiger partial charge >= 0.3 is 0 Å². The molecule has 1 heteroatoms. The summed E-state index contributed by atoms with van der Waals surface area (Å²) in [7, 11) is 2.02. The van der Waals surface area contributed by atoms with Crippen molar-refractivity contribution in [1.82, 2.24) is 5.32 Å². The zero-order valence-electron chi connectivity index (χ0n) is 10.5. The molecule has 0 saturated carbocycles. The van der Waals surface area contributed by atoms with E-state index in [1.807, 2.05) is 7.05 Å². The van der Waals surface area contributed by atoms with Crippen LogP contribution in [-0.4, -0.2) is 7.05 Å². The molecule has 0 radical (unpaired) electrons. The second-order valence-corrected chi connectivity index (χ2v) is 4.44. The Kier molecular flexibility index (Phi) is 3.94. The molecule has 2 aromatic rings. The SMILES string of the molecule is CN[C@@H](Cc1ccccc1)c1ccc(C)cc1. The molecular formula is C16H19N. The van der Waals surface area contributed by atoms with E-state index in [4.69, 9.17) is 0 Å². The largest absolute Gasteiger partial charge is 0.313 e. The van der Waals surface area contributed by atoms with E-state index in [0.717, 1.165) is 6.42 Å². The fourth-order valence-electron chi connectivity index (χ4n) is 2.04. The van der Waals surface area contributed by atoms with Gasteiger partial charge < -0.3 is 5.32 Å². The summed E-state index contributed by atoms with van der Waals surface area (Å²) in [6, 6.07) is 19.8. The second-order valence-electron chi connectivity index (χ2n) is 4.44. The topological polar surface area (TPSA) is 12.0 Å². The average Bonchev–Trinajstić information content (AvgIpc) is 2.38. The normalized spacial score (nSPS) is 12.4. The van der Waals surface area contributed by atoms with E-state index in [-0.39, 0.29) is 0 Å². The van der Waals surface area contributed by atoms with Crippen molar-refractivity contribution >= 4 is 0 Å². The van der Waals surface area contributed by atoms with Crippen molar-refractivity contribution in [2.45, 2.75) is 19.4 Å². The van der Waals surface area contributed by atoms with E-state index >= 15 is 0 Å². The van der Waals surface area contributed by atoms with Crippen LogP contribution in [0.2, 0.25) is 0 Å². The first-order valence-electron chi connectivity index (χ1n) is 6.07. The Bertz CT molecular complexity index is 445. The Morgan fingerprint density at radius 1 is 0.941 bits per heavy atom. The summed E-state index contributed by atoms with van der Waals surface area (Å²) < 4.78 is 0. The summed E-state index contributed by atoms with van der Waals surface area (Å²) in [5.41, 5.74) is 4.03. The number of nitrogens with one attached hydrogen (secondary N) is 1. The van der Waals surface area contributed by atoms with Gasteiger partial charge in [-0.25, -0.2) is 0 Å². The fraction of sp³-hybridized carbons (Fsp3) is 0.250. The molecule has 17 heavy (non-hydrogen) atoms. The third kappa shape index (κ3) is 3.18. The predicted molar refractivity (Wildman–Crippen MR) is 73.1 cm³/mol. The van der Waals surface area contributed by atoms with Gasteiger partial charge in [-0.15, -0.1) is 0 Å². The van der Waals surface area contributed by atoms with Gasteiger partial charge in [0.15, 0.2) is 0 Å². The van der Waals surface area contributed by atoms with Gasteiger partial charge in [0.1, 0.15) is 0 Å². The van der Waals surface area contributed by atoms with E-state index in [0.29, 0.717) is 6.04 Å². The van der Waals surface area contributed by atoms with Crippen molar-refractivity contribution in [2.75, 3.05) is 7.05 Å². The number of benzene rings is 2. The molecule has 0 aliphatic heterocycles. The minimum atomic E-state index is 0.387. The van der Waals surface area contributed by atoms with Crippen LogP contribution < -0.4 is 5.32 Å². The molecule has 2 aromatic carbocycles. The molecule has 0 aromatic heterocycles. The van der Waals surface area contributed by atoms with Gasteiger partial charge in [-0.05, 0) is 31.5 Å². The van der Waals surface area contributed by atoms with Crippen molar-refractivity contribution in [3.8, 4) is 0 Å². The van der Waals surface area contributed by atoms with E-state index in [1.165, 1.54) is 16.7 Å². The second kappa shape index (κ2) is 5.65. The number of hydrogen-bond donors (Lipinski definition) is 1. The van der Waals surface area contributed by atoms with Crippen LogP contribution in [0.1, 0.15) is 22.7 Å². The highest BCUT2D eigenvalue weighted by atomic mass is 14.9. The zero-order chi connectivity index (χ0) is 12.1. The molecule has 0 unspecified atom stereocenters. The van der Waals surface area contributed by atoms with Gasteiger partial charge in [0, 0.05) is 6.04 Å². The Hall–Kier alpha value is -1.60. The van der Waals surface area contributed by atoms with Gasteiger partial charge in [0.2, 0.25) is 0 Å². The van der Waals surface area contributed by atoms with Gasteiger partial charge in [-0.3, -0.25) is 0 Å². The highest BCUT2D eigenvalue weighted by Crippen LogP contribution is 2.18. The first kappa shape index (κ1) is 11.9. The van der Waals surface area contributed by atoms with Crippen molar-refractivity contribution in [3.63, 3.8) is 0 Å². The molecule has 0 spiro atoms. The average molecular weight is 225 g/mol. The van der Waals surface area contributed by atoms with Crippen LogP contribution in [0.15, 0.2) is 54.6 Å². The van der Waals surface area contributed by atoms with Crippen LogP contribution in [0.3, 0.4) is 0 Å². The minimum Gasteiger partial charge on any atom is -0.313 e. The lowest BCUT2D eigenvalue weighted by Crippen LogP contribution is -2.18. The molecule has 0 aliphatic carbocycles. The lowest BCUT2D eigenvalue weighted by atomic mass is 9.98. The first-order chi connectivity index (χ1) is 8.29. The van der Waals surface area contributed by atoms with Crippen molar-refractivity contribution < 1.29 is 0 Å². The summed E-state index contributed by atoms with van der Waals surface area (Å²) in [4.78, 5) is 0. The number of likely N-dealkylation sites (N-methyl/N-ethyl adjacent to an activating group) is 1. The molecule has 1 nitrogen and oxygen atoms in total. The van der Waals surface area contributed by atoms with Gasteiger partial charge in [-0.1, -0.05) is 60.2 Å². The summed E-state index contributed by atoms with van der Waals surface area (Å²) >= 11 is 0. The van der Waals surface area contributed by atoms with Gasteiger partial charge in [-0.2, -0.15) is 0 Å². The standard InChI is InChI=1S/C16H19N/c1-13-8-10-15(11-9-13)16(17-2)12-14-6-4-3-5-7-14/h3-11,16-17H,12H2,1-2H3/t16-/m0/s1. The van der Waals surface area contributed by atoms with Crippen molar-refractivity contribution in [1.29, 1.82) is 0 Å². The maximum absolute atomic E-state index is 3.39. The number of aryl methyl sites for hydroxylation is 1. The minimum absolute atomic E-state index is 0.387. The van der Waals surface area contributed by atoms with Crippen LogP contribution in [0.4, 0.5) is 0 Å². The maximum atomic E-state index is 3.39. The monoisotopic (exact) mass is 225 g/mol. The highest BCUT2D eigenvalue weighted by Gasteiger charge is 2.09. The lowest BCUT2D eigenvalue weighted by Gasteiger charge is -2.17. The van der Waals surface area contributed by atoms with Crippen LogP contribution >= 0.6 is 0 Å². The van der Waals surface area contributed by atoms with Gasteiger partial charge in [0.25, 0.3) is 0 Å². The van der Waals surface area contributed by atoms with Crippen LogP contribution in [0.25, 0.3) is 0 Å². The van der Waals surface area contributed by atoms with E-state index < -0.39 is 0 Å². The molecule has 0 saturated heterocycles. The zero-order valence-corrected chi connectivity index (χ0v) is 10.5. The fourth-order valence-corrected chi connectivity index (χ4v) is 2.04. The third-order valence-electron chi connectivity index (χ3n) is 3.11.